The molecule has 0 saturated carbocycles. The fourth-order valence-electron chi connectivity index (χ4n) is 6.16. The van der Waals surface area contributed by atoms with E-state index in [9.17, 15) is 0 Å². The number of aryl methyl sites for hydroxylation is 2. The number of rotatable bonds is 2. The molecule has 0 fully saturated rings. The Kier molecular flexibility index (Phi) is 14.1. The molecule has 0 bridgehead atoms. The molecule has 0 saturated heterocycles. The molecule has 0 atom stereocenters. The second-order valence-corrected chi connectivity index (χ2v) is 13.7. The number of benzene rings is 6. The van der Waals surface area contributed by atoms with Crippen molar-refractivity contribution in [2.24, 2.45) is 0 Å². The quantitative estimate of drug-likeness (QED) is 0.150. The van der Waals surface area contributed by atoms with Gasteiger partial charge in [0.1, 0.15) is 0 Å². The van der Waals surface area contributed by atoms with Crippen LogP contribution in [0.5, 0.6) is 0 Å². The van der Waals surface area contributed by atoms with Crippen molar-refractivity contribution in [3.05, 3.63) is 157 Å². The first-order chi connectivity index (χ1) is 21.1. The zero-order valence-corrected chi connectivity index (χ0v) is 34.2. The summed E-state index contributed by atoms with van der Waals surface area (Å²) in [6, 6.07) is 52.5. The van der Waals surface area contributed by atoms with E-state index in [2.05, 4.69) is 171 Å². The van der Waals surface area contributed by atoms with E-state index in [-0.39, 0.29) is 50.7 Å². The summed E-state index contributed by atoms with van der Waals surface area (Å²) in [5.41, 5.74) is 7.94. The Morgan fingerprint density at radius 2 is 0.717 bits per heavy atom. The van der Waals surface area contributed by atoms with Crippen molar-refractivity contribution in [2.75, 3.05) is 0 Å². The van der Waals surface area contributed by atoms with Crippen LogP contribution >= 0.6 is 0 Å². The summed E-state index contributed by atoms with van der Waals surface area (Å²) in [6.07, 6.45) is 0. The number of hydrogen-bond donors (Lipinski definition) is 0. The molecular formula is C42H37Cl2GeHf. The molecule has 0 nitrogen and oxygen atoms in total. The minimum Gasteiger partial charge on any atom is -1.00 e. The van der Waals surface area contributed by atoms with Crippen molar-refractivity contribution < 1.29 is 50.7 Å². The van der Waals surface area contributed by atoms with E-state index in [0.717, 1.165) is 0 Å². The molecule has 8 rings (SSSR count). The van der Waals surface area contributed by atoms with Crippen LogP contribution in [0.15, 0.2) is 146 Å². The molecule has 0 amide bonds. The van der Waals surface area contributed by atoms with Gasteiger partial charge in [-0.15, -0.1) is 69.1 Å². The smallest absolute Gasteiger partial charge is 1.00 e. The fraction of sp³-hybridized carbons (Fsp3) is 0.0952. The van der Waals surface area contributed by atoms with Crippen molar-refractivity contribution in [2.45, 2.75) is 25.4 Å². The third kappa shape index (κ3) is 7.94. The molecule has 8 aromatic rings. The first-order valence-corrected chi connectivity index (χ1v) is 19.9. The Bertz CT molecular complexity index is 2010. The van der Waals surface area contributed by atoms with E-state index >= 15 is 0 Å². The predicted octanol–water partition coefficient (Wildman–Crippen LogP) is 5.90. The average molecular weight is 864 g/mol. The average Bonchev–Trinajstić information content (AvgIpc) is 3.62. The van der Waals surface area contributed by atoms with Gasteiger partial charge in [-0.2, -0.15) is 12.1 Å². The van der Waals surface area contributed by atoms with Crippen molar-refractivity contribution in [3.8, 4) is 22.3 Å². The van der Waals surface area contributed by atoms with Crippen LogP contribution < -0.4 is 24.8 Å². The van der Waals surface area contributed by atoms with Crippen molar-refractivity contribution in [1.29, 1.82) is 0 Å². The molecule has 8 aromatic carbocycles. The molecule has 1 radical (unpaired) electrons. The van der Waals surface area contributed by atoms with Gasteiger partial charge in [0.15, 0.2) is 0 Å². The molecule has 0 spiro atoms. The summed E-state index contributed by atoms with van der Waals surface area (Å²) in [5, 5.41) is 10.6. The Morgan fingerprint density at radius 1 is 0.413 bits per heavy atom. The maximum atomic E-state index is 2.28. The minimum atomic E-state index is 0. The Hall–Kier alpha value is -2.95. The maximum Gasteiger partial charge on any atom is 4.00 e. The van der Waals surface area contributed by atoms with Crippen molar-refractivity contribution in [3.63, 3.8) is 0 Å². The summed E-state index contributed by atoms with van der Waals surface area (Å²) in [7, 11) is 0. The minimum absolute atomic E-state index is 0. The fourth-order valence-corrected chi connectivity index (χ4v) is 6.16. The Labute approximate surface area is 311 Å². The van der Waals surface area contributed by atoms with Crippen LogP contribution in [0.1, 0.15) is 11.1 Å². The van der Waals surface area contributed by atoms with Crippen molar-refractivity contribution >= 4 is 58.5 Å². The van der Waals surface area contributed by atoms with Crippen LogP contribution in [-0.4, -0.2) is 15.4 Å². The first-order valence-electron chi connectivity index (χ1n) is 15.1. The molecule has 0 unspecified atom stereocenters. The van der Waals surface area contributed by atoms with Gasteiger partial charge < -0.3 is 24.8 Å². The van der Waals surface area contributed by atoms with Gasteiger partial charge >= 0.3 is 52.8 Å². The summed E-state index contributed by atoms with van der Waals surface area (Å²) >= 11 is 0.312. The van der Waals surface area contributed by atoms with Gasteiger partial charge in [-0.25, -0.2) is 0 Å². The van der Waals surface area contributed by atoms with Crippen LogP contribution in [0.25, 0.3) is 65.3 Å². The molecule has 0 aliphatic heterocycles. The first kappa shape index (κ1) is 37.5. The van der Waals surface area contributed by atoms with Crippen LogP contribution in [0.3, 0.4) is 0 Å². The van der Waals surface area contributed by atoms with Gasteiger partial charge in [0, 0.05) is 0 Å². The van der Waals surface area contributed by atoms with Gasteiger partial charge in [0.2, 0.25) is 0 Å². The molecule has 0 aromatic heterocycles. The van der Waals surface area contributed by atoms with Gasteiger partial charge in [-0.3, -0.25) is 0 Å². The summed E-state index contributed by atoms with van der Waals surface area (Å²) in [5.74, 6) is 4.56. The summed E-state index contributed by atoms with van der Waals surface area (Å²) in [4.78, 5) is 0. The van der Waals surface area contributed by atoms with Gasteiger partial charge in [-0.1, -0.05) is 122 Å². The molecule has 227 valence electrons. The SMILES string of the molecule is Cc1cc2c(-c3cccc4ccccc34)cccc2[cH-]1.Cc1cc2c(-c3cccc4ccccc34)cccc2[cH-]1.[CH3][GeH][CH3].[Cl-].[Cl-].[Hf+4]. The second kappa shape index (κ2) is 17.3. The third-order valence-electron chi connectivity index (χ3n) is 7.95. The number of halogens is 2. The molecule has 46 heavy (non-hydrogen) atoms. The van der Waals surface area contributed by atoms with Crippen LogP contribution in [-0.2, 0) is 25.8 Å². The Morgan fingerprint density at radius 3 is 1.11 bits per heavy atom. The molecule has 0 aliphatic rings. The van der Waals surface area contributed by atoms with Gasteiger partial charge in [0.05, 0.1) is 0 Å². The summed E-state index contributed by atoms with van der Waals surface area (Å²) in [6.45, 7) is 4.32. The molecule has 0 aliphatic carbocycles. The number of fused-ring (bicyclic) bond motifs is 4. The molecule has 0 N–H and O–H groups in total. The topological polar surface area (TPSA) is 0 Å². The maximum absolute atomic E-state index is 2.28. The zero-order valence-electron chi connectivity index (χ0n) is 26.7. The van der Waals surface area contributed by atoms with E-state index in [4.69, 9.17) is 0 Å². The van der Waals surface area contributed by atoms with E-state index in [1.165, 1.54) is 76.5 Å². The largest absolute Gasteiger partial charge is 4.00 e. The van der Waals surface area contributed by atoms with Crippen LogP contribution in [0.2, 0.25) is 11.5 Å². The van der Waals surface area contributed by atoms with Crippen molar-refractivity contribution in [1.82, 2.24) is 0 Å². The van der Waals surface area contributed by atoms with E-state index in [1.807, 2.05) is 0 Å². The van der Waals surface area contributed by atoms with Gasteiger partial charge in [-0.05, 0) is 32.7 Å². The predicted molar refractivity (Wildman–Crippen MR) is 193 cm³/mol. The van der Waals surface area contributed by atoms with E-state index in [1.54, 1.807) is 0 Å². The van der Waals surface area contributed by atoms with Crippen LogP contribution in [0.4, 0.5) is 0 Å². The van der Waals surface area contributed by atoms with Gasteiger partial charge in [0.25, 0.3) is 0 Å². The summed E-state index contributed by atoms with van der Waals surface area (Å²) < 4.78 is 0. The Balaban J connectivity index is 0.000000218. The zero-order chi connectivity index (χ0) is 29.8. The second-order valence-electron chi connectivity index (χ2n) is 11.3. The number of hydrogen-bond acceptors (Lipinski definition) is 0. The van der Waals surface area contributed by atoms with E-state index in [0.29, 0.717) is 15.4 Å². The normalized spacial score (nSPS) is 10.2. The monoisotopic (exact) mass is 865 g/mol. The molecule has 0 heterocycles. The van der Waals surface area contributed by atoms with Crippen LogP contribution in [0, 0.1) is 13.8 Å². The van der Waals surface area contributed by atoms with E-state index < -0.39 is 0 Å². The third-order valence-corrected chi connectivity index (χ3v) is 7.95. The standard InChI is InChI=1S/2C20H15.C2H7Ge.2ClH.Hf/c2*1-14-12-16-8-5-11-19(20(16)13-14)18-10-4-7-15-6-2-3-9-17(15)18;1-3-2;;;/h2*2-13H,1H3;3H,1-2H3;2*1H;/q2*-1;;;;+4/p-2. The molecule has 4 heteroatoms. The molecular weight excluding hydrogens is 826 g/mol.